The number of anilines is 2. The summed E-state index contributed by atoms with van der Waals surface area (Å²) in [6.07, 6.45) is 0. The lowest BCUT2D eigenvalue weighted by Crippen LogP contribution is -2.13. The molecule has 0 saturated heterocycles. The Labute approximate surface area is 178 Å². The minimum atomic E-state index is -0.0535. The van der Waals surface area contributed by atoms with E-state index in [-0.39, 0.29) is 5.56 Å². The predicted octanol–water partition coefficient (Wildman–Crippen LogP) is 5.11. The van der Waals surface area contributed by atoms with E-state index >= 15 is 0 Å². The summed E-state index contributed by atoms with van der Waals surface area (Å²) in [6.45, 7) is 2.05. The number of hydrogen-bond acceptors (Lipinski definition) is 8. The van der Waals surface area contributed by atoms with E-state index in [1.165, 1.54) is 34.4 Å². The van der Waals surface area contributed by atoms with Crippen LogP contribution in [-0.2, 0) is 5.75 Å². The molecule has 2 aromatic carbocycles. The van der Waals surface area contributed by atoms with Crippen molar-refractivity contribution >= 4 is 60.4 Å². The summed E-state index contributed by atoms with van der Waals surface area (Å²) in [5.41, 5.74) is 3.76. The van der Waals surface area contributed by atoms with Gasteiger partial charge in [-0.05, 0) is 30.7 Å². The first-order valence-corrected chi connectivity index (χ1v) is 11.5. The number of thiazole rings is 1. The zero-order valence-corrected chi connectivity index (χ0v) is 17.8. The third-order valence-corrected chi connectivity index (χ3v) is 7.41. The average Bonchev–Trinajstić information content (AvgIpc) is 3.32. The summed E-state index contributed by atoms with van der Waals surface area (Å²) in [7, 11) is 0. The number of para-hydroxylation sites is 2. The lowest BCUT2D eigenvalue weighted by molar-refractivity contribution is 1.01. The molecule has 0 saturated carbocycles. The summed E-state index contributed by atoms with van der Waals surface area (Å²) in [6, 6.07) is 17.5. The normalized spacial score (nSPS) is 11.3. The number of thioether (sulfide) groups is 1. The van der Waals surface area contributed by atoms with Crippen LogP contribution in [0.3, 0.4) is 0 Å². The number of rotatable bonds is 5. The van der Waals surface area contributed by atoms with Crippen LogP contribution < -0.4 is 10.9 Å². The van der Waals surface area contributed by atoms with Gasteiger partial charge in [0.25, 0.3) is 5.56 Å². The van der Waals surface area contributed by atoms with Gasteiger partial charge in [-0.25, -0.2) is 4.98 Å². The van der Waals surface area contributed by atoms with E-state index in [1.54, 1.807) is 10.5 Å². The molecule has 0 amide bonds. The predicted molar refractivity (Wildman–Crippen MR) is 121 cm³/mol. The fourth-order valence-electron chi connectivity index (χ4n) is 2.98. The van der Waals surface area contributed by atoms with Crippen LogP contribution in [-0.4, -0.2) is 19.6 Å². The fraction of sp³-hybridized carbons (Fsp3) is 0.100. The van der Waals surface area contributed by atoms with Gasteiger partial charge < -0.3 is 5.32 Å². The Hall–Kier alpha value is -2.75. The Kier molecular flexibility index (Phi) is 4.78. The molecular formula is C20H15N5OS3. The maximum Gasteiger partial charge on any atom is 0.259 e. The second-order valence-electron chi connectivity index (χ2n) is 6.38. The number of benzene rings is 2. The van der Waals surface area contributed by atoms with Crippen LogP contribution in [0.25, 0.3) is 15.2 Å². The largest absolute Gasteiger partial charge is 0.330 e. The molecule has 0 spiro atoms. The Morgan fingerprint density at radius 2 is 1.90 bits per heavy atom. The van der Waals surface area contributed by atoms with Gasteiger partial charge in [-0.15, -0.1) is 10.2 Å². The van der Waals surface area contributed by atoms with E-state index < -0.39 is 0 Å². The summed E-state index contributed by atoms with van der Waals surface area (Å²) in [5, 5.41) is 12.5. The van der Waals surface area contributed by atoms with Crippen molar-refractivity contribution in [3.05, 3.63) is 76.2 Å². The molecule has 5 rings (SSSR count). The van der Waals surface area contributed by atoms with Crippen LogP contribution in [0.5, 0.6) is 0 Å². The molecule has 0 fully saturated rings. The highest BCUT2D eigenvalue weighted by Crippen LogP contribution is 2.31. The minimum Gasteiger partial charge on any atom is -0.330 e. The molecule has 6 nitrogen and oxygen atoms in total. The maximum atomic E-state index is 12.6. The van der Waals surface area contributed by atoms with Crippen molar-refractivity contribution in [2.24, 2.45) is 0 Å². The van der Waals surface area contributed by atoms with E-state index in [1.807, 2.05) is 55.5 Å². The summed E-state index contributed by atoms with van der Waals surface area (Å²) >= 11 is 4.55. The molecule has 0 bridgehead atoms. The van der Waals surface area contributed by atoms with Crippen LogP contribution in [0.4, 0.5) is 10.8 Å². The number of hydrogen-bond donors (Lipinski definition) is 1. The third-order valence-electron chi connectivity index (χ3n) is 4.39. The standard InChI is InChI=1S/C20H15N5OS3/c1-12-6-2-3-7-14(12)22-18-23-24-20(29-18)27-11-13-10-17(26)25-15-8-4-5-9-16(15)28-19(25)21-13/h2-10H,11H2,1H3,(H,22,23). The van der Waals surface area contributed by atoms with Gasteiger partial charge in [0.2, 0.25) is 5.13 Å². The molecule has 29 heavy (non-hydrogen) atoms. The van der Waals surface area contributed by atoms with Crippen LogP contribution in [0.2, 0.25) is 0 Å². The zero-order chi connectivity index (χ0) is 19.8. The van der Waals surface area contributed by atoms with E-state index in [4.69, 9.17) is 0 Å². The molecule has 0 unspecified atom stereocenters. The van der Waals surface area contributed by atoms with Gasteiger partial charge in [-0.2, -0.15) is 0 Å². The molecule has 3 aromatic heterocycles. The monoisotopic (exact) mass is 437 g/mol. The van der Waals surface area contributed by atoms with Crippen molar-refractivity contribution in [3.63, 3.8) is 0 Å². The molecule has 144 valence electrons. The first-order valence-electron chi connectivity index (χ1n) is 8.86. The lowest BCUT2D eigenvalue weighted by atomic mass is 10.2. The highest BCUT2D eigenvalue weighted by atomic mass is 32.2. The first kappa shape index (κ1) is 18.3. The average molecular weight is 438 g/mol. The Balaban J connectivity index is 1.34. The molecule has 1 N–H and O–H groups in total. The van der Waals surface area contributed by atoms with Crippen LogP contribution >= 0.6 is 34.4 Å². The van der Waals surface area contributed by atoms with Gasteiger partial charge in [0.05, 0.1) is 15.9 Å². The van der Waals surface area contributed by atoms with E-state index in [0.29, 0.717) is 10.7 Å². The van der Waals surface area contributed by atoms with E-state index in [2.05, 4.69) is 20.5 Å². The number of aromatic nitrogens is 4. The molecule has 0 aliphatic carbocycles. The Bertz CT molecular complexity index is 1390. The molecule has 5 aromatic rings. The molecule has 0 radical (unpaired) electrons. The number of aryl methyl sites for hydroxylation is 1. The van der Waals surface area contributed by atoms with Crippen molar-refractivity contribution in [2.45, 2.75) is 17.0 Å². The van der Waals surface area contributed by atoms with E-state index in [0.717, 1.165) is 36.6 Å². The van der Waals surface area contributed by atoms with E-state index in [9.17, 15) is 4.79 Å². The fourth-order valence-corrected chi connectivity index (χ4v) is 5.69. The zero-order valence-electron chi connectivity index (χ0n) is 15.3. The van der Waals surface area contributed by atoms with Crippen molar-refractivity contribution < 1.29 is 0 Å². The molecule has 0 aliphatic heterocycles. The topological polar surface area (TPSA) is 72.2 Å². The SMILES string of the molecule is Cc1ccccc1Nc1nnc(SCc2cc(=O)n3c(n2)sc2ccccc23)s1. The van der Waals surface area contributed by atoms with Crippen LogP contribution in [0.15, 0.2) is 63.7 Å². The second kappa shape index (κ2) is 7.58. The summed E-state index contributed by atoms with van der Waals surface area (Å²) < 4.78 is 3.56. The van der Waals surface area contributed by atoms with Crippen molar-refractivity contribution in [1.29, 1.82) is 0 Å². The summed E-state index contributed by atoms with van der Waals surface area (Å²) in [4.78, 5) is 18.0. The number of nitrogens with one attached hydrogen (secondary N) is 1. The molecule has 0 atom stereocenters. The van der Waals surface area contributed by atoms with Gasteiger partial charge in [-0.1, -0.05) is 64.8 Å². The minimum absolute atomic E-state index is 0.0535. The maximum absolute atomic E-state index is 12.6. The smallest absolute Gasteiger partial charge is 0.259 e. The van der Waals surface area contributed by atoms with Crippen LogP contribution in [0, 0.1) is 6.92 Å². The van der Waals surface area contributed by atoms with Gasteiger partial charge in [0.15, 0.2) is 9.30 Å². The highest BCUT2D eigenvalue weighted by molar-refractivity contribution is 8.00. The molecule has 9 heteroatoms. The Morgan fingerprint density at radius 1 is 1.07 bits per heavy atom. The second-order valence-corrected chi connectivity index (χ2v) is 9.58. The molecule has 3 heterocycles. The number of nitrogens with zero attached hydrogens (tertiary/aromatic N) is 4. The molecular weight excluding hydrogens is 422 g/mol. The molecule has 0 aliphatic rings. The first-order chi connectivity index (χ1) is 14.2. The van der Waals surface area contributed by atoms with Crippen LogP contribution in [0.1, 0.15) is 11.3 Å². The lowest BCUT2D eigenvalue weighted by Gasteiger charge is -2.04. The third kappa shape index (κ3) is 3.64. The number of fused-ring (bicyclic) bond motifs is 3. The van der Waals surface area contributed by atoms with Gasteiger partial charge in [0, 0.05) is 17.5 Å². The van der Waals surface area contributed by atoms with Gasteiger partial charge in [-0.3, -0.25) is 9.20 Å². The summed E-state index contributed by atoms with van der Waals surface area (Å²) in [5.74, 6) is 0.568. The van der Waals surface area contributed by atoms with Crippen molar-refractivity contribution in [2.75, 3.05) is 5.32 Å². The van der Waals surface area contributed by atoms with Gasteiger partial charge >= 0.3 is 0 Å². The Morgan fingerprint density at radius 3 is 2.79 bits per heavy atom. The van der Waals surface area contributed by atoms with Gasteiger partial charge in [0.1, 0.15) is 0 Å². The quantitative estimate of drug-likeness (QED) is 0.386. The highest BCUT2D eigenvalue weighted by Gasteiger charge is 2.11. The van der Waals surface area contributed by atoms with Crippen molar-refractivity contribution in [1.82, 2.24) is 19.6 Å². The van der Waals surface area contributed by atoms with Crippen molar-refractivity contribution in [3.8, 4) is 0 Å².